The number of nitrogens with zero attached hydrogens (tertiary/aromatic N) is 1. The fourth-order valence-electron chi connectivity index (χ4n) is 2.59. The summed E-state index contributed by atoms with van der Waals surface area (Å²) >= 11 is 0. The van der Waals surface area contributed by atoms with Crippen molar-refractivity contribution in [3.05, 3.63) is 29.3 Å². The fraction of sp³-hybridized carbons (Fsp3) is 0.438. The molecule has 0 aromatic heterocycles. The summed E-state index contributed by atoms with van der Waals surface area (Å²) < 4.78 is 44.5. The summed E-state index contributed by atoms with van der Waals surface area (Å²) in [6.07, 6.45) is -5.74. The van der Waals surface area contributed by atoms with Crippen molar-refractivity contribution in [2.24, 2.45) is 0 Å². The van der Waals surface area contributed by atoms with Crippen molar-refractivity contribution in [2.45, 2.75) is 25.6 Å². The maximum Gasteiger partial charge on any atom is 0.416 e. The summed E-state index contributed by atoms with van der Waals surface area (Å²) in [6.45, 7) is 1.30. The van der Waals surface area contributed by atoms with Crippen LogP contribution in [0.15, 0.2) is 18.2 Å². The third kappa shape index (κ3) is 5.19. The molecule has 1 fully saturated rings. The molecular formula is C16H17F3N2O5. The lowest BCUT2D eigenvalue weighted by Gasteiger charge is -2.32. The van der Waals surface area contributed by atoms with Crippen molar-refractivity contribution in [1.29, 1.82) is 0 Å². The lowest BCUT2D eigenvalue weighted by Crippen LogP contribution is -2.46. The first-order valence-electron chi connectivity index (χ1n) is 7.69. The number of ether oxygens (including phenoxy) is 1. The molecule has 2 N–H and O–H groups in total. The number of alkyl halides is 3. The minimum Gasteiger partial charge on any atom is -0.481 e. The van der Waals surface area contributed by atoms with Crippen molar-refractivity contribution in [1.82, 2.24) is 4.90 Å². The zero-order valence-corrected chi connectivity index (χ0v) is 13.8. The third-order valence-electron chi connectivity index (χ3n) is 3.66. The minimum absolute atomic E-state index is 0.0448. The monoisotopic (exact) mass is 374 g/mol. The molecular weight excluding hydrogens is 357 g/mol. The van der Waals surface area contributed by atoms with Gasteiger partial charge in [0.1, 0.15) is 0 Å². The summed E-state index contributed by atoms with van der Waals surface area (Å²) in [5.41, 5.74) is -1.46. The van der Waals surface area contributed by atoms with E-state index in [2.05, 4.69) is 5.32 Å². The molecule has 0 bridgehead atoms. The SMILES string of the molecule is CC(=O)Nc1cc(C(=O)N2CCOC(CC(=O)O)C2)cc(C(F)(F)F)c1. The van der Waals surface area contributed by atoms with E-state index in [0.717, 1.165) is 19.1 Å². The lowest BCUT2D eigenvalue weighted by molar-refractivity contribution is -0.142. The second kappa shape index (κ2) is 7.73. The number of amides is 2. The molecule has 0 radical (unpaired) electrons. The van der Waals surface area contributed by atoms with Gasteiger partial charge >= 0.3 is 12.1 Å². The first-order chi connectivity index (χ1) is 12.1. The number of carbonyl (C=O) groups excluding carboxylic acids is 2. The van der Waals surface area contributed by atoms with Crippen LogP contribution in [-0.2, 0) is 20.5 Å². The number of nitrogens with one attached hydrogen (secondary N) is 1. The molecule has 10 heteroatoms. The number of carboxylic acid groups (broad SMARTS) is 1. The fourth-order valence-corrected chi connectivity index (χ4v) is 2.59. The van der Waals surface area contributed by atoms with Crippen LogP contribution in [0.1, 0.15) is 29.3 Å². The molecule has 1 aliphatic rings. The van der Waals surface area contributed by atoms with E-state index in [1.165, 1.54) is 4.90 Å². The van der Waals surface area contributed by atoms with Gasteiger partial charge in [0.05, 0.1) is 24.7 Å². The number of rotatable bonds is 4. The average molecular weight is 374 g/mol. The van der Waals surface area contributed by atoms with Crippen LogP contribution in [0.3, 0.4) is 0 Å². The largest absolute Gasteiger partial charge is 0.481 e. The van der Waals surface area contributed by atoms with Gasteiger partial charge in [0, 0.05) is 31.3 Å². The zero-order valence-electron chi connectivity index (χ0n) is 13.8. The van der Waals surface area contributed by atoms with Crippen molar-refractivity contribution in [3.63, 3.8) is 0 Å². The standard InChI is InChI=1S/C16H17F3N2O5/c1-9(22)20-12-5-10(4-11(6-12)16(17,18)19)15(25)21-2-3-26-13(8-21)7-14(23)24/h4-6,13H,2-3,7-8H2,1H3,(H,20,22)(H,23,24). The highest BCUT2D eigenvalue weighted by Crippen LogP contribution is 2.32. The number of carbonyl (C=O) groups is 3. The van der Waals surface area contributed by atoms with Crippen LogP contribution in [0.25, 0.3) is 0 Å². The number of benzene rings is 1. The Morgan fingerprint density at radius 1 is 1.31 bits per heavy atom. The van der Waals surface area contributed by atoms with Gasteiger partial charge in [-0.05, 0) is 18.2 Å². The summed E-state index contributed by atoms with van der Waals surface area (Å²) in [6, 6.07) is 2.60. The summed E-state index contributed by atoms with van der Waals surface area (Å²) in [5, 5.41) is 11.0. The van der Waals surface area contributed by atoms with Gasteiger partial charge in [-0.25, -0.2) is 0 Å². The van der Waals surface area contributed by atoms with Crippen molar-refractivity contribution >= 4 is 23.5 Å². The number of hydrogen-bond acceptors (Lipinski definition) is 4. The molecule has 142 valence electrons. The molecule has 0 aliphatic carbocycles. The number of anilines is 1. The number of hydrogen-bond donors (Lipinski definition) is 2. The maximum atomic E-state index is 13.1. The molecule has 1 unspecified atom stereocenters. The Morgan fingerprint density at radius 3 is 2.58 bits per heavy atom. The van der Waals surface area contributed by atoms with E-state index in [1.807, 2.05) is 0 Å². The van der Waals surface area contributed by atoms with E-state index in [9.17, 15) is 27.6 Å². The average Bonchev–Trinajstić information content (AvgIpc) is 2.52. The number of morpholine rings is 1. The molecule has 7 nitrogen and oxygen atoms in total. The van der Waals surface area contributed by atoms with Crippen molar-refractivity contribution < 1.29 is 37.4 Å². The van der Waals surface area contributed by atoms with Gasteiger partial charge in [0.25, 0.3) is 5.91 Å². The Bertz CT molecular complexity index is 720. The van der Waals surface area contributed by atoms with E-state index in [0.29, 0.717) is 6.07 Å². The molecule has 1 aromatic rings. The Kier molecular flexibility index (Phi) is 5.86. The van der Waals surface area contributed by atoms with Gasteiger partial charge in [0.2, 0.25) is 5.91 Å². The van der Waals surface area contributed by atoms with Gasteiger partial charge in [-0.1, -0.05) is 0 Å². The molecule has 1 aliphatic heterocycles. The molecule has 1 atom stereocenters. The van der Waals surface area contributed by atoms with Gasteiger partial charge < -0.3 is 20.1 Å². The second-order valence-electron chi connectivity index (χ2n) is 5.82. The van der Waals surface area contributed by atoms with E-state index in [1.54, 1.807) is 0 Å². The highest BCUT2D eigenvalue weighted by atomic mass is 19.4. The molecule has 0 saturated carbocycles. The number of halogens is 3. The predicted octanol–water partition coefficient (Wildman–Crippen LogP) is 1.98. The quantitative estimate of drug-likeness (QED) is 0.840. The van der Waals surface area contributed by atoms with E-state index >= 15 is 0 Å². The number of carboxylic acids is 1. The van der Waals surface area contributed by atoms with Crippen LogP contribution >= 0.6 is 0 Å². The third-order valence-corrected chi connectivity index (χ3v) is 3.66. The predicted molar refractivity (Wildman–Crippen MR) is 83.6 cm³/mol. The van der Waals surface area contributed by atoms with Gasteiger partial charge in [-0.15, -0.1) is 0 Å². The van der Waals surface area contributed by atoms with Crippen LogP contribution in [-0.4, -0.2) is 53.6 Å². The van der Waals surface area contributed by atoms with Crippen molar-refractivity contribution in [2.75, 3.05) is 25.0 Å². The normalized spacial score (nSPS) is 17.7. The molecule has 1 aromatic carbocycles. The Hall–Kier alpha value is -2.62. The Morgan fingerprint density at radius 2 is 2.00 bits per heavy atom. The molecule has 26 heavy (non-hydrogen) atoms. The van der Waals surface area contributed by atoms with Gasteiger partial charge in [0.15, 0.2) is 0 Å². The highest BCUT2D eigenvalue weighted by Gasteiger charge is 2.33. The summed E-state index contributed by atoms with van der Waals surface area (Å²) in [4.78, 5) is 35.7. The minimum atomic E-state index is -4.69. The maximum absolute atomic E-state index is 13.1. The zero-order chi connectivity index (χ0) is 19.5. The Balaban J connectivity index is 2.29. The molecule has 1 saturated heterocycles. The van der Waals surface area contributed by atoms with Gasteiger partial charge in [-0.3, -0.25) is 14.4 Å². The molecule has 2 rings (SSSR count). The van der Waals surface area contributed by atoms with Gasteiger partial charge in [-0.2, -0.15) is 13.2 Å². The smallest absolute Gasteiger partial charge is 0.416 e. The van der Waals surface area contributed by atoms with Crippen LogP contribution in [0.2, 0.25) is 0 Å². The lowest BCUT2D eigenvalue weighted by atomic mass is 10.1. The van der Waals surface area contributed by atoms with E-state index in [4.69, 9.17) is 9.84 Å². The van der Waals surface area contributed by atoms with Crippen LogP contribution in [0, 0.1) is 0 Å². The second-order valence-corrected chi connectivity index (χ2v) is 5.82. The molecule has 1 heterocycles. The molecule has 2 amide bonds. The van der Waals surface area contributed by atoms with E-state index < -0.39 is 35.6 Å². The molecule has 0 spiro atoms. The first-order valence-corrected chi connectivity index (χ1v) is 7.69. The Labute approximate surface area is 146 Å². The van der Waals surface area contributed by atoms with Crippen LogP contribution in [0.4, 0.5) is 18.9 Å². The topological polar surface area (TPSA) is 95.9 Å². The highest BCUT2D eigenvalue weighted by molar-refractivity contribution is 5.97. The number of aliphatic carboxylic acids is 1. The van der Waals surface area contributed by atoms with E-state index in [-0.39, 0.29) is 37.4 Å². The first kappa shape index (κ1) is 19.7. The summed E-state index contributed by atoms with van der Waals surface area (Å²) in [7, 11) is 0. The van der Waals surface area contributed by atoms with Crippen LogP contribution in [0.5, 0.6) is 0 Å². The van der Waals surface area contributed by atoms with Crippen molar-refractivity contribution in [3.8, 4) is 0 Å². The summed E-state index contributed by atoms with van der Waals surface area (Å²) in [5.74, 6) is -2.37. The van der Waals surface area contributed by atoms with Crippen LogP contribution < -0.4 is 5.32 Å².